The predicted molar refractivity (Wildman–Crippen MR) is 94.2 cm³/mol. The van der Waals surface area contributed by atoms with Gasteiger partial charge in [-0.2, -0.15) is 4.98 Å². The number of aliphatic hydroxyl groups excluding tert-OH is 1. The average Bonchev–Trinajstić information content (AvgIpc) is 3.03. The van der Waals surface area contributed by atoms with Gasteiger partial charge in [0.05, 0.1) is 12.9 Å². The van der Waals surface area contributed by atoms with Crippen molar-refractivity contribution in [3.05, 3.63) is 16.7 Å². The molecule has 0 amide bonds. The lowest BCUT2D eigenvalue weighted by Crippen LogP contribution is -2.39. The molecule has 0 spiro atoms. The minimum Gasteiger partial charge on any atom is -0.462 e. The molecule has 2 aromatic rings. The third-order valence-corrected chi connectivity index (χ3v) is 3.72. The molecule has 2 rings (SSSR count). The second-order valence-corrected chi connectivity index (χ2v) is 6.16. The van der Waals surface area contributed by atoms with Crippen molar-refractivity contribution in [1.82, 2.24) is 19.5 Å². The molecule has 0 aliphatic heterocycles. The summed E-state index contributed by atoms with van der Waals surface area (Å²) in [6.45, 7) is 2.88. The number of nitrogens with zero attached hydrogens (tertiary/aromatic N) is 3. The van der Waals surface area contributed by atoms with Crippen molar-refractivity contribution < 1.29 is 24.1 Å². The van der Waals surface area contributed by atoms with Crippen LogP contribution in [0, 0.1) is 5.92 Å². The Morgan fingerprint density at radius 3 is 2.85 bits per heavy atom. The summed E-state index contributed by atoms with van der Waals surface area (Å²) in [4.78, 5) is 33.7. The van der Waals surface area contributed by atoms with Crippen LogP contribution in [0.1, 0.15) is 13.8 Å². The summed E-state index contributed by atoms with van der Waals surface area (Å²) in [6.07, 6.45) is 0.620. The average molecular weight is 384 g/mol. The standard InChI is InChI=1S/C15H24N6O6/c1-8(2)10(16)14(24)26-4-9(3-22)27-7-25-6-21-5-18-11-12(21)19-15(17)20-13(11)23/h5,8-10,22H,3-4,6-7,16H2,1-2H3,(H3,17,19,20,23)/t9?,10-/m1/s1. The lowest BCUT2D eigenvalue weighted by Gasteiger charge is -2.18. The highest BCUT2D eigenvalue weighted by Crippen LogP contribution is 2.07. The van der Waals surface area contributed by atoms with Crippen LogP contribution < -0.4 is 17.0 Å². The summed E-state index contributed by atoms with van der Waals surface area (Å²) in [6, 6.07) is -0.738. The Hall–Kier alpha value is -2.54. The van der Waals surface area contributed by atoms with Crippen LogP contribution in [0.4, 0.5) is 5.95 Å². The molecule has 0 bridgehead atoms. The highest BCUT2D eigenvalue weighted by Gasteiger charge is 2.20. The van der Waals surface area contributed by atoms with Gasteiger partial charge in [-0.05, 0) is 5.92 Å². The van der Waals surface area contributed by atoms with E-state index in [9.17, 15) is 14.7 Å². The lowest BCUT2D eigenvalue weighted by molar-refractivity contribution is -0.161. The summed E-state index contributed by atoms with van der Waals surface area (Å²) in [5.74, 6) is -0.659. The molecule has 2 atom stereocenters. The van der Waals surface area contributed by atoms with Crippen LogP contribution in [0.25, 0.3) is 11.2 Å². The summed E-state index contributed by atoms with van der Waals surface area (Å²) >= 11 is 0. The quantitative estimate of drug-likeness (QED) is 0.215. The smallest absolute Gasteiger partial charge is 0.323 e. The molecular formula is C15H24N6O6. The normalized spacial score (nSPS) is 13.8. The number of nitrogens with two attached hydrogens (primary N) is 2. The molecule has 0 saturated heterocycles. The molecule has 2 aromatic heterocycles. The Morgan fingerprint density at radius 1 is 1.44 bits per heavy atom. The van der Waals surface area contributed by atoms with Crippen molar-refractivity contribution in [2.75, 3.05) is 25.7 Å². The maximum atomic E-state index is 11.7. The molecule has 0 fully saturated rings. The Morgan fingerprint density at radius 2 is 2.19 bits per heavy atom. The van der Waals surface area contributed by atoms with Crippen LogP contribution >= 0.6 is 0 Å². The van der Waals surface area contributed by atoms with Crippen LogP contribution in [0.5, 0.6) is 0 Å². The molecule has 12 nitrogen and oxygen atoms in total. The second-order valence-electron chi connectivity index (χ2n) is 6.16. The van der Waals surface area contributed by atoms with E-state index >= 15 is 0 Å². The zero-order chi connectivity index (χ0) is 20.0. The van der Waals surface area contributed by atoms with E-state index in [0.717, 1.165) is 0 Å². The molecule has 27 heavy (non-hydrogen) atoms. The summed E-state index contributed by atoms with van der Waals surface area (Å²) in [5, 5.41) is 9.29. The van der Waals surface area contributed by atoms with Gasteiger partial charge in [0.25, 0.3) is 5.56 Å². The van der Waals surface area contributed by atoms with Gasteiger partial charge < -0.3 is 30.8 Å². The number of rotatable bonds is 10. The number of H-pyrrole nitrogens is 1. The molecule has 0 radical (unpaired) electrons. The highest BCUT2D eigenvalue weighted by atomic mass is 16.7. The first-order valence-electron chi connectivity index (χ1n) is 8.26. The molecule has 0 aliphatic rings. The number of aliphatic hydroxyl groups is 1. The number of ether oxygens (including phenoxy) is 3. The molecule has 150 valence electrons. The van der Waals surface area contributed by atoms with Crippen molar-refractivity contribution >= 4 is 23.1 Å². The number of imidazole rings is 1. The highest BCUT2D eigenvalue weighted by molar-refractivity contribution is 5.75. The van der Waals surface area contributed by atoms with Crippen molar-refractivity contribution in [3.63, 3.8) is 0 Å². The van der Waals surface area contributed by atoms with Crippen molar-refractivity contribution in [2.24, 2.45) is 11.7 Å². The fraction of sp³-hybridized carbons (Fsp3) is 0.600. The topological polar surface area (TPSA) is 181 Å². The number of nitrogen functional groups attached to an aromatic ring is 1. The van der Waals surface area contributed by atoms with Crippen LogP contribution in [-0.4, -0.2) is 62.7 Å². The van der Waals surface area contributed by atoms with Crippen molar-refractivity contribution in [1.29, 1.82) is 0 Å². The number of anilines is 1. The second kappa shape index (κ2) is 9.41. The number of aromatic nitrogens is 4. The van der Waals surface area contributed by atoms with E-state index in [1.807, 2.05) is 0 Å². The van der Waals surface area contributed by atoms with E-state index < -0.39 is 23.7 Å². The predicted octanol–water partition coefficient (Wildman–Crippen LogP) is -1.46. The molecule has 2 heterocycles. The SMILES string of the molecule is CC(C)[C@@H](N)C(=O)OCC(CO)OCOCn1cnc2c(=O)[nH]c(N)nc21. The monoisotopic (exact) mass is 384 g/mol. The lowest BCUT2D eigenvalue weighted by atomic mass is 10.1. The third kappa shape index (κ3) is 5.47. The Bertz CT molecular complexity index is 819. The minimum atomic E-state index is -0.760. The largest absolute Gasteiger partial charge is 0.462 e. The molecule has 0 saturated carbocycles. The fourth-order valence-electron chi connectivity index (χ4n) is 2.04. The third-order valence-electron chi connectivity index (χ3n) is 3.72. The number of hydrogen-bond donors (Lipinski definition) is 4. The van der Waals surface area contributed by atoms with Gasteiger partial charge >= 0.3 is 5.97 Å². The molecule has 0 aliphatic carbocycles. The van der Waals surface area contributed by atoms with Gasteiger partial charge in [-0.1, -0.05) is 13.8 Å². The van der Waals surface area contributed by atoms with E-state index in [2.05, 4.69) is 15.0 Å². The van der Waals surface area contributed by atoms with Gasteiger partial charge in [-0.15, -0.1) is 0 Å². The van der Waals surface area contributed by atoms with Gasteiger partial charge in [0.15, 0.2) is 11.2 Å². The van der Waals surface area contributed by atoms with Crippen LogP contribution in [-0.2, 0) is 25.7 Å². The zero-order valence-corrected chi connectivity index (χ0v) is 15.1. The van der Waals surface area contributed by atoms with E-state index in [-0.39, 0.29) is 49.8 Å². The molecule has 1 unspecified atom stereocenters. The maximum Gasteiger partial charge on any atom is 0.323 e. The van der Waals surface area contributed by atoms with E-state index in [1.165, 1.54) is 10.9 Å². The van der Waals surface area contributed by atoms with Crippen LogP contribution in [0.2, 0.25) is 0 Å². The number of esters is 1. The summed E-state index contributed by atoms with van der Waals surface area (Å²) in [5.41, 5.74) is 11.1. The first-order chi connectivity index (χ1) is 12.8. The number of fused-ring (bicyclic) bond motifs is 1. The van der Waals surface area contributed by atoms with Gasteiger partial charge in [0.1, 0.15) is 32.3 Å². The first-order valence-corrected chi connectivity index (χ1v) is 8.26. The zero-order valence-electron chi connectivity index (χ0n) is 15.1. The van der Waals surface area contributed by atoms with Gasteiger partial charge in [-0.25, -0.2) is 4.98 Å². The molecular weight excluding hydrogens is 360 g/mol. The number of carbonyl (C=O) groups is 1. The fourth-order valence-corrected chi connectivity index (χ4v) is 2.04. The summed E-state index contributed by atoms with van der Waals surface area (Å²) < 4.78 is 17.1. The molecule has 12 heteroatoms. The van der Waals surface area contributed by atoms with E-state index in [1.54, 1.807) is 13.8 Å². The van der Waals surface area contributed by atoms with Crippen LogP contribution in [0.3, 0.4) is 0 Å². The number of carbonyl (C=O) groups excluding carboxylic acids is 1. The van der Waals surface area contributed by atoms with Gasteiger partial charge in [-0.3, -0.25) is 19.1 Å². The number of aromatic amines is 1. The summed E-state index contributed by atoms with van der Waals surface area (Å²) in [7, 11) is 0. The molecule has 6 N–H and O–H groups in total. The minimum absolute atomic E-state index is 0.0114. The maximum absolute atomic E-state index is 11.7. The van der Waals surface area contributed by atoms with E-state index in [4.69, 9.17) is 25.7 Å². The first kappa shape index (κ1) is 20.8. The molecule has 0 aromatic carbocycles. The van der Waals surface area contributed by atoms with Gasteiger partial charge in [0, 0.05) is 0 Å². The number of hydrogen-bond acceptors (Lipinski definition) is 10. The van der Waals surface area contributed by atoms with E-state index in [0.29, 0.717) is 0 Å². The Balaban J connectivity index is 1.80. The van der Waals surface area contributed by atoms with Crippen molar-refractivity contribution in [2.45, 2.75) is 32.7 Å². The van der Waals surface area contributed by atoms with Gasteiger partial charge in [0.2, 0.25) is 5.95 Å². The Kier molecular flexibility index (Phi) is 7.24. The van der Waals surface area contributed by atoms with Crippen LogP contribution in [0.15, 0.2) is 11.1 Å². The number of nitrogens with one attached hydrogen (secondary N) is 1. The Labute approximate surface area is 154 Å². The van der Waals surface area contributed by atoms with Crippen molar-refractivity contribution in [3.8, 4) is 0 Å².